The van der Waals surface area contributed by atoms with Crippen molar-refractivity contribution in [1.82, 2.24) is 0 Å². The van der Waals surface area contributed by atoms with Gasteiger partial charge in [-0.25, -0.2) is 0 Å². The standard InChI is InChI=1S/C7H6O2S.C2H5.Hg.Na.H/c8-6-4-2-1-3-5(6)7(9)10;1-2;;;/h1-4,8H,(H,9,10);1H2,2H3;;;/q;;2*+1;-1/p-1. The van der Waals surface area contributed by atoms with Gasteiger partial charge in [-0.1, -0.05) is 0 Å². The second-order valence-electron chi connectivity index (χ2n) is 2.65. The molecular formula is C9H11HgNaO2S. The van der Waals surface area contributed by atoms with Gasteiger partial charge in [-0.15, -0.1) is 0 Å². The third-order valence-electron chi connectivity index (χ3n) is 1.56. The van der Waals surface area contributed by atoms with Gasteiger partial charge in [-0.05, 0) is 0 Å². The zero-order chi connectivity index (χ0) is 9.68. The first-order chi connectivity index (χ1) is 6.25. The third-order valence-corrected chi connectivity index (χ3v) is 12.9. The van der Waals surface area contributed by atoms with Crippen LogP contribution in [0, 0.1) is 0 Å². The van der Waals surface area contributed by atoms with E-state index in [-0.39, 0.29) is 41.8 Å². The molecule has 0 saturated carbocycles. The summed E-state index contributed by atoms with van der Waals surface area (Å²) >= 11 is -1.01. The van der Waals surface area contributed by atoms with Crippen LogP contribution in [0.2, 0.25) is 3.93 Å². The number of carbonyl (C=O) groups is 1. The monoisotopic (exact) mass is 408 g/mol. The van der Waals surface area contributed by atoms with Crippen LogP contribution in [0.15, 0.2) is 24.3 Å². The van der Waals surface area contributed by atoms with E-state index in [4.69, 9.17) is 0 Å². The number of phenols is 1. The number of carbonyl (C=O) groups excluding carboxylic acids is 1. The number of hydrogen-bond donors (Lipinski definition) is 1. The summed E-state index contributed by atoms with van der Waals surface area (Å²) in [6, 6.07) is 6.72. The van der Waals surface area contributed by atoms with Crippen molar-refractivity contribution in [1.29, 1.82) is 0 Å². The number of hydrogen-bond acceptors (Lipinski definition) is 3. The van der Waals surface area contributed by atoms with E-state index in [9.17, 15) is 9.90 Å². The summed E-state index contributed by atoms with van der Waals surface area (Å²) in [6.45, 7) is 2.12. The molecule has 0 aliphatic heterocycles. The minimum absolute atomic E-state index is 0. The molecule has 2 nitrogen and oxygen atoms in total. The number of para-hydroxylation sites is 1. The summed E-state index contributed by atoms with van der Waals surface area (Å²) < 4.78 is 1.18. The molecule has 0 heterocycles. The quantitative estimate of drug-likeness (QED) is 0.708. The third kappa shape index (κ3) is 4.66. The van der Waals surface area contributed by atoms with Crippen LogP contribution in [-0.2, 0) is 23.1 Å². The van der Waals surface area contributed by atoms with Crippen molar-refractivity contribution >= 4 is 13.4 Å². The zero-order valence-electron chi connectivity index (χ0n) is 9.49. The number of aromatic hydroxyl groups is 1. The van der Waals surface area contributed by atoms with Crippen LogP contribution in [0.5, 0.6) is 5.75 Å². The van der Waals surface area contributed by atoms with E-state index in [0.29, 0.717) is 5.56 Å². The average Bonchev–Trinajstić information content (AvgIpc) is 2.15. The molecule has 0 aliphatic carbocycles. The normalized spacial score (nSPS) is 8.64. The molecule has 0 radical (unpaired) electrons. The molecule has 0 aromatic heterocycles. The van der Waals surface area contributed by atoms with Crippen LogP contribution in [0.3, 0.4) is 0 Å². The Morgan fingerprint density at radius 2 is 2.21 bits per heavy atom. The van der Waals surface area contributed by atoms with Crippen molar-refractivity contribution in [2.45, 2.75) is 10.9 Å². The van der Waals surface area contributed by atoms with Gasteiger partial charge in [0, 0.05) is 0 Å². The summed E-state index contributed by atoms with van der Waals surface area (Å²) in [5, 5.41) is 9.41. The first-order valence-corrected chi connectivity index (χ1v) is 15.8. The molecule has 5 heteroatoms. The molecule has 0 amide bonds. The van der Waals surface area contributed by atoms with Gasteiger partial charge >= 0.3 is 122 Å². The van der Waals surface area contributed by atoms with Crippen LogP contribution in [-0.4, -0.2) is 10.2 Å². The van der Waals surface area contributed by atoms with Crippen LogP contribution < -0.4 is 29.6 Å². The molecule has 0 fully saturated rings. The van der Waals surface area contributed by atoms with E-state index in [1.165, 1.54) is 12.2 Å². The average molecular weight is 407 g/mol. The Balaban J connectivity index is 0. The summed E-state index contributed by atoms with van der Waals surface area (Å²) in [5.74, 6) is 0.101. The summed E-state index contributed by atoms with van der Waals surface area (Å²) in [7, 11) is 1.47. The molecule has 0 saturated heterocycles. The maximum absolute atomic E-state index is 11.5. The Hall–Kier alpha value is 0.975. The predicted octanol–water partition coefficient (Wildman–Crippen LogP) is -0.182. The van der Waals surface area contributed by atoms with Crippen molar-refractivity contribution in [2.75, 3.05) is 0 Å². The van der Waals surface area contributed by atoms with E-state index in [1.807, 2.05) is 0 Å². The molecule has 1 N–H and O–H groups in total. The van der Waals surface area contributed by atoms with Crippen LogP contribution in [0.1, 0.15) is 18.7 Å². The smallest absolute Gasteiger partial charge is 1.00 e. The Morgan fingerprint density at radius 1 is 1.57 bits per heavy atom. The topological polar surface area (TPSA) is 37.3 Å². The van der Waals surface area contributed by atoms with Gasteiger partial charge in [0.05, 0.1) is 0 Å². The summed E-state index contributed by atoms with van der Waals surface area (Å²) in [6.07, 6.45) is 0. The van der Waals surface area contributed by atoms with Crippen molar-refractivity contribution in [2.24, 2.45) is 0 Å². The van der Waals surface area contributed by atoms with Crippen molar-refractivity contribution in [3.63, 3.8) is 0 Å². The maximum Gasteiger partial charge on any atom is 1.00 e. The van der Waals surface area contributed by atoms with Crippen LogP contribution in [0.4, 0.5) is 0 Å². The van der Waals surface area contributed by atoms with Crippen LogP contribution >= 0.6 is 8.24 Å². The van der Waals surface area contributed by atoms with E-state index in [0.717, 1.165) is 0 Å². The van der Waals surface area contributed by atoms with Crippen LogP contribution in [0.25, 0.3) is 0 Å². The fraction of sp³-hybridized carbons (Fsp3) is 0.222. The fourth-order valence-electron chi connectivity index (χ4n) is 0.919. The molecule has 0 aliphatic rings. The molecule has 0 unspecified atom stereocenters. The van der Waals surface area contributed by atoms with Gasteiger partial charge in [-0.3, -0.25) is 0 Å². The molecule has 0 bridgehead atoms. The molecule has 1 aromatic rings. The predicted molar refractivity (Wildman–Crippen MR) is 51.6 cm³/mol. The second-order valence-corrected chi connectivity index (χ2v) is 15.7. The fourth-order valence-corrected chi connectivity index (χ4v) is 7.99. The van der Waals surface area contributed by atoms with E-state index >= 15 is 0 Å². The second kappa shape index (κ2) is 8.16. The Bertz CT molecular complexity index is 312. The molecule has 1 rings (SSSR count). The van der Waals surface area contributed by atoms with Gasteiger partial charge in [0.15, 0.2) is 0 Å². The summed E-state index contributed by atoms with van der Waals surface area (Å²) in [5.41, 5.74) is 0.459. The van der Waals surface area contributed by atoms with Crippen molar-refractivity contribution < 1.29 is 63.9 Å². The summed E-state index contributed by atoms with van der Waals surface area (Å²) in [4.78, 5) is 11.5. The molecule has 68 valence electrons. The Labute approximate surface area is 122 Å². The number of rotatable bonds is 3. The van der Waals surface area contributed by atoms with Gasteiger partial charge < -0.3 is 1.43 Å². The van der Waals surface area contributed by atoms with Gasteiger partial charge in [-0.2, -0.15) is 0 Å². The molecule has 1 aromatic carbocycles. The molecule has 0 atom stereocenters. The first kappa shape index (κ1) is 15.0. The zero-order valence-corrected chi connectivity index (χ0v) is 16.8. The minimum atomic E-state index is -1.01. The SMILES string of the molecule is C[CH2][Hg][S]C(=O)c1ccccc1O.[H-].[Na+]. The van der Waals surface area contributed by atoms with Gasteiger partial charge in [0.1, 0.15) is 0 Å². The van der Waals surface area contributed by atoms with E-state index < -0.39 is 23.1 Å². The minimum Gasteiger partial charge on any atom is -1.00 e. The number of phenolic OH excluding ortho intramolecular Hbond substituents is 1. The Morgan fingerprint density at radius 3 is 2.79 bits per heavy atom. The first-order valence-electron chi connectivity index (χ1n) is 4.20. The Kier molecular flexibility index (Phi) is 8.73. The van der Waals surface area contributed by atoms with Crippen molar-refractivity contribution in [3.05, 3.63) is 29.8 Å². The van der Waals surface area contributed by atoms with Gasteiger partial charge in [0.25, 0.3) is 0 Å². The maximum atomic E-state index is 11.5. The van der Waals surface area contributed by atoms with E-state index in [2.05, 4.69) is 6.92 Å². The molecular weight excluding hydrogens is 396 g/mol. The molecule has 0 spiro atoms. The van der Waals surface area contributed by atoms with Crippen molar-refractivity contribution in [3.8, 4) is 5.75 Å². The molecule has 14 heavy (non-hydrogen) atoms. The largest absolute Gasteiger partial charge is 1.00 e. The number of benzene rings is 1. The van der Waals surface area contributed by atoms with E-state index in [1.54, 1.807) is 24.3 Å². The van der Waals surface area contributed by atoms with Gasteiger partial charge in [0.2, 0.25) is 0 Å².